The molecule has 0 heterocycles. The van der Waals surface area contributed by atoms with Crippen LogP contribution in [0.3, 0.4) is 0 Å². The summed E-state index contributed by atoms with van der Waals surface area (Å²) < 4.78 is 2.20. The Morgan fingerprint density at radius 2 is 2.00 bits per heavy atom. The molecular formula is C12H13Br2Cl. The van der Waals surface area contributed by atoms with E-state index in [1.807, 2.05) is 6.07 Å². The van der Waals surface area contributed by atoms with Crippen LogP contribution in [0.25, 0.3) is 0 Å². The normalized spacial score (nSPS) is 20.0. The predicted molar refractivity (Wildman–Crippen MR) is 72.3 cm³/mol. The first kappa shape index (κ1) is 11.9. The van der Waals surface area contributed by atoms with Crippen molar-refractivity contribution in [3.05, 3.63) is 32.7 Å². The summed E-state index contributed by atoms with van der Waals surface area (Å²) in [5, 5.41) is 0.115. The molecule has 2 unspecified atom stereocenters. The molecule has 2 atom stereocenters. The molecule has 0 nitrogen and oxygen atoms in total. The van der Waals surface area contributed by atoms with Gasteiger partial charge >= 0.3 is 0 Å². The molecule has 0 saturated heterocycles. The average Bonchev–Trinajstić information content (AvgIpc) is 3.03. The lowest BCUT2D eigenvalue weighted by atomic mass is 9.96. The highest BCUT2D eigenvalue weighted by Crippen LogP contribution is 2.46. The van der Waals surface area contributed by atoms with Gasteiger partial charge in [-0.2, -0.15) is 0 Å². The second kappa shape index (κ2) is 4.77. The number of hydrogen-bond donors (Lipinski definition) is 0. The third-order valence-electron chi connectivity index (χ3n) is 3.08. The molecule has 2 rings (SSSR count). The molecule has 82 valence electrons. The van der Waals surface area contributed by atoms with E-state index in [0.717, 1.165) is 14.9 Å². The van der Waals surface area contributed by atoms with Gasteiger partial charge in [-0.25, -0.2) is 0 Å². The molecule has 1 aliphatic rings. The Morgan fingerprint density at radius 3 is 2.60 bits per heavy atom. The fraction of sp³-hybridized carbons (Fsp3) is 0.500. The Labute approximate surface area is 113 Å². The maximum absolute atomic E-state index is 6.52. The molecule has 1 aliphatic carbocycles. The molecule has 1 fully saturated rings. The molecule has 0 aliphatic heterocycles. The molecule has 1 aromatic carbocycles. The molecule has 0 radical (unpaired) electrons. The fourth-order valence-corrected chi connectivity index (χ4v) is 3.26. The Kier molecular flexibility index (Phi) is 3.79. The van der Waals surface area contributed by atoms with Crippen molar-refractivity contribution >= 4 is 43.5 Å². The van der Waals surface area contributed by atoms with Gasteiger partial charge in [0.25, 0.3) is 0 Å². The van der Waals surface area contributed by atoms with E-state index in [2.05, 4.69) is 50.9 Å². The predicted octanol–water partition coefficient (Wildman–Crippen LogP) is 5.54. The van der Waals surface area contributed by atoms with E-state index in [0.29, 0.717) is 5.92 Å². The first-order valence-corrected chi connectivity index (χ1v) is 7.21. The third kappa shape index (κ3) is 2.78. The maximum atomic E-state index is 6.52. The standard InChI is InChI=1S/C12H13Br2Cl/c1-7(8-2-3-8)12(15)10-6-9(13)4-5-11(10)14/h4-8,12H,2-3H2,1H3. The maximum Gasteiger partial charge on any atom is 0.0624 e. The Morgan fingerprint density at radius 1 is 1.33 bits per heavy atom. The molecule has 3 heteroatoms. The summed E-state index contributed by atoms with van der Waals surface area (Å²) in [5.74, 6) is 1.40. The van der Waals surface area contributed by atoms with Crippen molar-refractivity contribution in [1.82, 2.24) is 0 Å². The van der Waals surface area contributed by atoms with Crippen LogP contribution in [0.1, 0.15) is 30.7 Å². The molecule has 1 aromatic rings. The molecule has 0 spiro atoms. The summed E-state index contributed by atoms with van der Waals surface area (Å²) in [6.45, 7) is 2.25. The Hall–Kier alpha value is 0.470. The van der Waals surface area contributed by atoms with E-state index in [1.54, 1.807) is 0 Å². The van der Waals surface area contributed by atoms with Gasteiger partial charge in [-0.3, -0.25) is 0 Å². The van der Waals surface area contributed by atoms with Crippen LogP contribution in [-0.4, -0.2) is 0 Å². The lowest BCUT2D eigenvalue weighted by molar-refractivity contribution is 0.490. The van der Waals surface area contributed by atoms with Crippen LogP contribution in [0.5, 0.6) is 0 Å². The van der Waals surface area contributed by atoms with E-state index in [1.165, 1.54) is 18.4 Å². The fourth-order valence-electron chi connectivity index (χ4n) is 1.87. The second-order valence-corrected chi connectivity index (χ2v) is 6.50. The van der Waals surface area contributed by atoms with Gasteiger partial charge in [0, 0.05) is 8.95 Å². The highest BCUT2D eigenvalue weighted by Gasteiger charge is 2.33. The van der Waals surface area contributed by atoms with Gasteiger partial charge in [0.05, 0.1) is 5.38 Å². The molecule has 1 saturated carbocycles. The first-order valence-electron chi connectivity index (χ1n) is 5.18. The van der Waals surface area contributed by atoms with Crippen molar-refractivity contribution in [3.63, 3.8) is 0 Å². The van der Waals surface area contributed by atoms with E-state index in [4.69, 9.17) is 11.6 Å². The van der Waals surface area contributed by atoms with Crippen LogP contribution in [-0.2, 0) is 0 Å². The molecule has 0 aromatic heterocycles. The van der Waals surface area contributed by atoms with E-state index >= 15 is 0 Å². The Balaban J connectivity index is 2.23. The summed E-state index contributed by atoms with van der Waals surface area (Å²) in [4.78, 5) is 0. The van der Waals surface area contributed by atoms with Crippen LogP contribution in [0.4, 0.5) is 0 Å². The van der Waals surface area contributed by atoms with Gasteiger partial charge in [-0.1, -0.05) is 38.8 Å². The van der Waals surface area contributed by atoms with Gasteiger partial charge in [0.15, 0.2) is 0 Å². The Bertz CT molecular complexity index is 361. The number of benzene rings is 1. The summed E-state index contributed by atoms with van der Waals surface area (Å²) in [7, 11) is 0. The molecule has 0 N–H and O–H groups in total. The lowest BCUT2D eigenvalue weighted by Gasteiger charge is -2.19. The first-order chi connectivity index (χ1) is 7.09. The van der Waals surface area contributed by atoms with Gasteiger partial charge in [0.1, 0.15) is 0 Å². The third-order valence-corrected chi connectivity index (χ3v) is 4.93. The molecule has 0 bridgehead atoms. The SMILES string of the molecule is CC(C1CC1)C(Cl)c1cc(Br)ccc1Br. The number of rotatable bonds is 3. The summed E-state index contributed by atoms with van der Waals surface area (Å²) >= 11 is 13.6. The number of halogens is 3. The van der Waals surface area contributed by atoms with Crippen molar-refractivity contribution in [2.75, 3.05) is 0 Å². The van der Waals surface area contributed by atoms with Gasteiger partial charge < -0.3 is 0 Å². The van der Waals surface area contributed by atoms with Crippen molar-refractivity contribution in [3.8, 4) is 0 Å². The second-order valence-electron chi connectivity index (χ2n) is 4.26. The van der Waals surface area contributed by atoms with Crippen molar-refractivity contribution in [2.24, 2.45) is 11.8 Å². The zero-order valence-electron chi connectivity index (χ0n) is 8.51. The minimum Gasteiger partial charge on any atom is -0.117 e. The monoisotopic (exact) mass is 350 g/mol. The van der Waals surface area contributed by atoms with Crippen molar-refractivity contribution in [1.29, 1.82) is 0 Å². The quantitative estimate of drug-likeness (QED) is 0.627. The zero-order valence-corrected chi connectivity index (χ0v) is 12.4. The number of alkyl halides is 1. The molecule has 15 heavy (non-hydrogen) atoms. The summed E-state index contributed by atoms with van der Waals surface area (Å²) in [5.41, 5.74) is 1.20. The van der Waals surface area contributed by atoms with E-state index in [9.17, 15) is 0 Å². The minimum atomic E-state index is 0.115. The topological polar surface area (TPSA) is 0 Å². The minimum absolute atomic E-state index is 0.115. The highest BCUT2D eigenvalue weighted by molar-refractivity contribution is 9.11. The van der Waals surface area contributed by atoms with Crippen LogP contribution >= 0.6 is 43.5 Å². The highest BCUT2D eigenvalue weighted by atomic mass is 79.9. The van der Waals surface area contributed by atoms with Gasteiger partial charge in [-0.15, -0.1) is 11.6 Å². The van der Waals surface area contributed by atoms with Gasteiger partial charge in [-0.05, 0) is 48.4 Å². The smallest absolute Gasteiger partial charge is 0.0624 e. The largest absolute Gasteiger partial charge is 0.117 e. The summed E-state index contributed by atoms with van der Waals surface area (Å²) in [6, 6.07) is 6.19. The van der Waals surface area contributed by atoms with Crippen LogP contribution in [0.15, 0.2) is 27.1 Å². The molecule has 0 amide bonds. The average molecular weight is 352 g/mol. The van der Waals surface area contributed by atoms with Crippen molar-refractivity contribution in [2.45, 2.75) is 25.1 Å². The van der Waals surface area contributed by atoms with Crippen molar-refractivity contribution < 1.29 is 0 Å². The van der Waals surface area contributed by atoms with E-state index < -0.39 is 0 Å². The van der Waals surface area contributed by atoms with Gasteiger partial charge in [0.2, 0.25) is 0 Å². The summed E-state index contributed by atoms with van der Waals surface area (Å²) in [6.07, 6.45) is 2.69. The van der Waals surface area contributed by atoms with Crippen LogP contribution in [0.2, 0.25) is 0 Å². The zero-order chi connectivity index (χ0) is 11.0. The van der Waals surface area contributed by atoms with Crippen LogP contribution < -0.4 is 0 Å². The molecular weight excluding hydrogens is 339 g/mol. The lowest BCUT2D eigenvalue weighted by Crippen LogP contribution is -2.06. The van der Waals surface area contributed by atoms with E-state index in [-0.39, 0.29) is 5.38 Å². The van der Waals surface area contributed by atoms with Crippen LogP contribution in [0, 0.1) is 11.8 Å². The number of hydrogen-bond acceptors (Lipinski definition) is 0.